The average molecular weight is 406 g/mol. The molecule has 2 aromatic carbocycles. The summed E-state index contributed by atoms with van der Waals surface area (Å²) in [5, 5.41) is 4.33. The van der Waals surface area contributed by atoms with Crippen LogP contribution < -0.4 is 15.7 Å². The molecule has 1 N–H and O–H groups in total. The van der Waals surface area contributed by atoms with E-state index in [2.05, 4.69) is 5.32 Å². The number of fused-ring (bicyclic) bond motifs is 1. The van der Waals surface area contributed by atoms with Crippen LogP contribution in [0.3, 0.4) is 0 Å². The van der Waals surface area contributed by atoms with Gasteiger partial charge >= 0.3 is 5.63 Å². The molecule has 0 atom stereocenters. The van der Waals surface area contributed by atoms with Crippen molar-refractivity contribution in [3.63, 3.8) is 0 Å². The molecular formula is C20H17Cl2NO4. The largest absolute Gasteiger partial charge is 0.497 e. The van der Waals surface area contributed by atoms with Crippen molar-refractivity contribution in [2.45, 2.75) is 19.8 Å². The smallest absolute Gasteiger partial charge is 0.339 e. The second-order valence-corrected chi connectivity index (χ2v) is 6.85. The van der Waals surface area contributed by atoms with Crippen LogP contribution in [0.15, 0.2) is 45.6 Å². The van der Waals surface area contributed by atoms with E-state index in [0.717, 1.165) is 10.9 Å². The quantitative estimate of drug-likeness (QED) is 0.607. The Morgan fingerprint density at radius 1 is 1.15 bits per heavy atom. The van der Waals surface area contributed by atoms with E-state index in [1.807, 2.05) is 13.0 Å². The van der Waals surface area contributed by atoms with Crippen molar-refractivity contribution in [3.05, 3.63) is 68.0 Å². The lowest BCUT2D eigenvalue weighted by atomic mass is 10.0. The zero-order valence-corrected chi connectivity index (χ0v) is 16.3. The van der Waals surface area contributed by atoms with Gasteiger partial charge in [0, 0.05) is 29.1 Å². The maximum atomic E-state index is 12.3. The Hall–Kier alpha value is -2.50. The molecule has 0 bridgehead atoms. The predicted molar refractivity (Wildman–Crippen MR) is 107 cm³/mol. The van der Waals surface area contributed by atoms with Gasteiger partial charge < -0.3 is 14.5 Å². The molecule has 0 aliphatic carbocycles. The highest BCUT2D eigenvalue weighted by Crippen LogP contribution is 2.26. The summed E-state index contributed by atoms with van der Waals surface area (Å²) in [6.45, 7) is 1.85. The highest BCUT2D eigenvalue weighted by molar-refractivity contribution is 6.42. The number of amides is 1. The first-order valence-corrected chi connectivity index (χ1v) is 9.00. The van der Waals surface area contributed by atoms with Crippen molar-refractivity contribution in [1.29, 1.82) is 0 Å². The van der Waals surface area contributed by atoms with Gasteiger partial charge in [0.2, 0.25) is 5.91 Å². The van der Waals surface area contributed by atoms with Crippen LogP contribution >= 0.6 is 23.2 Å². The lowest BCUT2D eigenvalue weighted by Crippen LogP contribution is -2.16. The molecule has 1 aromatic heterocycles. The van der Waals surface area contributed by atoms with E-state index in [-0.39, 0.29) is 18.7 Å². The zero-order valence-electron chi connectivity index (χ0n) is 14.8. The van der Waals surface area contributed by atoms with E-state index in [9.17, 15) is 9.59 Å². The summed E-state index contributed by atoms with van der Waals surface area (Å²) in [6.07, 6.45) is 0.400. The number of anilines is 1. The van der Waals surface area contributed by atoms with Crippen molar-refractivity contribution >= 4 is 45.8 Å². The Morgan fingerprint density at radius 2 is 1.93 bits per heavy atom. The number of ether oxygens (including phenoxy) is 1. The molecule has 27 heavy (non-hydrogen) atoms. The summed E-state index contributed by atoms with van der Waals surface area (Å²) < 4.78 is 10.5. The predicted octanol–water partition coefficient (Wildman–Crippen LogP) is 4.99. The van der Waals surface area contributed by atoms with Crippen molar-refractivity contribution in [2.24, 2.45) is 0 Å². The lowest BCUT2D eigenvalue weighted by molar-refractivity contribution is -0.116. The van der Waals surface area contributed by atoms with E-state index in [0.29, 0.717) is 32.6 Å². The number of nitrogens with one attached hydrogen (secondary N) is 1. The number of hydrogen-bond acceptors (Lipinski definition) is 4. The number of carbonyl (C=O) groups excluding carboxylic acids is 1. The topological polar surface area (TPSA) is 68.5 Å². The Morgan fingerprint density at radius 3 is 2.63 bits per heavy atom. The Kier molecular flexibility index (Phi) is 5.73. The lowest BCUT2D eigenvalue weighted by Gasteiger charge is -2.09. The molecule has 0 aliphatic rings. The second kappa shape index (κ2) is 8.03. The monoisotopic (exact) mass is 405 g/mol. The standard InChI is InChI=1S/C20H17Cl2NO4/c1-11-14-5-4-13(26-2)10-18(14)27-20(25)15(11)6-8-19(24)23-12-3-7-16(21)17(22)9-12/h3-5,7,9-10H,6,8H2,1-2H3,(H,23,24). The molecule has 7 heteroatoms. The first kappa shape index (κ1) is 19.3. The number of rotatable bonds is 5. The van der Waals surface area contributed by atoms with E-state index in [1.54, 1.807) is 37.4 Å². The van der Waals surface area contributed by atoms with Crippen LogP contribution in [-0.2, 0) is 11.2 Å². The van der Waals surface area contributed by atoms with Crippen LogP contribution in [-0.4, -0.2) is 13.0 Å². The van der Waals surface area contributed by atoms with Crippen LogP contribution in [0.5, 0.6) is 5.75 Å². The number of hydrogen-bond donors (Lipinski definition) is 1. The fraction of sp³-hybridized carbons (Fsp3) is 0.200. The molecule has 0 saturated heterocycles. The molecule has 0 aliphatic heterocycles. The van der Waals surface area contributed by atoms with Crippen molar-refractivity contribution in [1.82, 2.24) is 0 Å². The molecule has 0 fully saturated rings. The molecule has 5 nitrogen and oxygen atoms in total. The van der Waals surface area contributed by atoms with Gasteiger partial charge in [0.1, 0.15) is 11.3 Å². The van der Waals surface area contributed by atoms with E-state index >= 15 is 0 Å². The van der Waals surface area contributed by atoms with Crippen LogP contribution in [0, 0.1) is 6.92 Å². The molecule has 3 rings (SSSR count). The van der Waals surface area contributed by atoms with Crippen LogP contribution in [0.25, 0.3) is 11.0 Å². The summed E-state index contributed by atoms with van der Waals surface area (Å²) in [7, 11) is 1.55. The molecule has 3 aromatic rings. The first-order valence-electron chi connectivity index (χ1n) is 8.24. The molecule has 0 radical (unpaired) electrons. The third-order valence-electron chi connectivity index (χ3n) is 4.30. The maximum absolute atomic E-state index is 12.3. The van der Waals surface area contributed by atoms with Crippen LogP contribution in [0.1, 0.15) is 17.5 Å². The van der Waals surface area contributed by atoms with Gasteiger partial charge in [-0.1, -0.05) is 23.2 Å². The molecule has 0 unspecified atom stereocenters. The number of aryl methyl sites for hydroxylation is 1. The SMILES string of the molecule is COc1ccc2c(C)c(CCC(=O)Nc3ccc(Cl)c(Cl)c3)c(=O)oc2c1. The number of methoxy groups -OCH3 is 1. The summed E-state index contributed by atoms with van der Waals surface area (Å²) in [5.74, 6) is 0.376. The third-order valence-corrected chi connectivity index (χ3v) is 5.04. The van der Waals surface area contributed by atoms with Crippen molar-refractivity contribution in [3.8, 4) is 5.75 Å². The van der Waals surface area contributed by atoms with Gasteiger partial charge in [0.05, 0.1) is 17.2 Å². The fourth-order valence-electron chi connectivity index (χ4n) is 2.83. The molecular weight excluding hydrogens is 389 g/mol. The van der Waals surface area contributed by atoms with Crippen LogP contribution in [0.2, 0.25) is 10.0 Å². The molecule has 0 spiro atoms. The summed E-state index contributed by atoms with van der Waals surface area (Å²) >= 11 is 11.8. The summed E-state index contributed by atoms with van der Waals surface area (Å²) in [6, 6.07) is 10.2. The summed E-state index contributed by atoms with van der Waals surface area (Å²) in [5.41, 5.74) is 1.84. The highest BCUT2D eigenvalue weighted by atomic mass is 35.5. The average Bonchev–Trinajstić information content (AvgIpc) is 2.64. The van der Waals surface area contributed by atoms with E-state index in [1.165, 1.54) is 0 Å². The Labute approximate surface area is 165 Å². The summed E-state index contributed by atoms with van der Waals surface area (Å²) in [4.78, 5) is 24.6. The normalized spacial score (nSPS) is 10.8. The zero-order chi connectivity index (χ0) is 19.6. The molecule has 0 saturated carbocycles. The minimum atomic E-state index is -0.449. The van der Waals surface area contributed by atoms with Crippen LogP contribution in [0.4, 0.5) is 5.69 Å². The van der Waals surface area contributed by atoms with Gasteiger partial charge in [0.25, 0.3) is 0 Å². The Bertz CT molecular complexity index is 1080. The van der Waals surface area contributed by atoms with Crippen molar-refractivity contribution < 1.29 is 13.9 Å². The molecule has 1 heterocycles. The second-order valence-electron chi connectivity index (χ2n) is 6.03. The maximum Gasteiger partial charge on any atom is 0.339 e. The number of halogens is 2. The number of carbonyl (C=O) groups is 1. The minimum Gasteiger partial charge on any atom is -0.497 e. The van der Waals surface area contributed by atoms with Gasteiger partial charge in [-0.15, -0.1) is 0 Å². The van der Waals surface area contributed by atoms with Gasteiger partial charge in [-0.3, -0.25) is 4.79 Å². The minimum absolute atomic E-state index is 0.132. The molecule has 140 valence electrons. The Balaban J connectivity index is 1.77. The van der Waals surface area contributed by atoms with Gasteiger partial charge in [0.15, 0.2) is 0 Å². The molecule has 1 amide bonds. The van der Waals surface area contributed by atoms with E-state index < -0.39 is 5.63 Å². The van der Waals surface area contributed by atoms with Gasteiger partial charge in [-0.05, 0) is 49.2 Å². The fourth-order valence-corrected chi connectivity index (χ4v) is 3.12. The number of benzene rings is 2. The van der Waals surface area contributed by atoms with Gasteiger partial charge in [-0.25, -0.2) is 4.79 Å². The van der Waals surface area contributed by atoms with E-state index in [4.69, 9.17) is 32.4 Å². The van der Waals surface area contributed by atoms with Gasteiger partial charge in [-0.2, -0.15) is 0 Å². The van der Waals surface area contributed by atoms with Crippen molar-refractivity contribution in [2.75, 3.05) is 12.4 Å². The highest BCUT2D eigenvalue weighted by Gasteiger charge is 2.14. The first-order chi connectivity index (χ1) is 12.9. The third kappa shape index (κ3) is 4.26.